The second-order valence-electron chi connectivity index (χ2n) is 13.1. The fourth-order valence-corrected chi connectivity index (χ4v) is 7.30. The summed E-state index contributed by atoms with van der Waals surface area (Å²) >= 11 is 3.24. The molecule has 0 fully saturated rings. The van der Waals surface area contributed by atoms with Crippen LogP contribution in [0.5, 0.6) is 0 Å². The summed E-state index contributed by atoms with van der Waals surface area (Å²) in [7, 11) is 0. The van der Waals surface area contributed by atoms with E-state index in [0.29, 0.717) is 25.3 Å². The zero-order chi connectivity index (χ0) is 41.3. The number of hydrogen-bond acceptors (Lipinski definition) is 9. The molecule has 0 aromatic heterocycles. The molecular formula is C49H49BrNNaO9. The number of carbonyl (C=O) groups is 4. The quantitative estimate of drug-likeness (QED) is 0.0542. The van der Waals surface area contributed by atoms with E-state index >= 15 is 0 Å². The standard InChI is InChI=1S/C23H21NO3.C16H14O2.C7H5BrO.CH2O3.2CH4.Na/c25-14-17-7-5-6-16(12-17)13-24-23(26)27-15-22-20-10-3-1-8-18(20)19-9-2-4-11-21(19)22;1-11(17)18-10-16-14-8-4-2-6-12(14)13-7-3-5-9-15(13)16;8-7-3-1-2-6(4-7)5-9;2-1-4-3;;;/h1-12,22,25H,13-15H2,(H,24,26);2-9,16H,10H2,1H3;1-5H;1,3H;2*1H4;/q;;;;;;+1/p-1. The van der Waals surface area contributed by atoms with Gasteiger partial charge in [0.2, 0.25) is 0 Å². The SMILES string of the molecule is C.C.CC(=O)OCC1c2ccccc2-c2ccccc21.O=C(NCc1cccc(CO)c1)OCC1c2ccccc2-c2ccccc21.O=CO[O-].O=Cc1cccc(Br)c1.[Na+]. The number of aldehydes is 1. The minimum Gasteiger partial charge on any atom is -0.662 e. The topological polar surface area (TPSA) is 151 Å². The van der Waals surface area contributed by atoms with E-state index in [1.807, 2.05) is 84.9 Å². The Balaban J connectivity index is 0.000000325. The fourth-order valence-electron chi connectivity index (χ4n) is 6.88. The second-order valence-corrected chi connectivity index (χ2v) is 14.0. The molecule has 12 heteroatoms. The van der Waals surface area contributed by atoms with Crippen molar-refractivity contribution in [1.29, 1.82) is 0 Å². The van der Waals surface area contributed by atoms with E-state index in [0.717, 1.165) is 21.9 Å². The van der Waals surface area contributed by atoms with Crippen LogP contribution < -0.4 is 40.1 Å². The summed E-state index contributed by atoms with van der Waals surface area (Å²) in [6.07, 6.45) is 0.386. The Bertz CT molecular complexity index is 2250. The Kier molecular flexibility index (Phi) is 22.7. The summed E-state index contributed by atoms with van der Waals surface area (Å²) in [5.41, 5.74) is 12.3. The van der Waals surface area contributed by atoms with Crippen LogP contribution in [0, 0.1) is 0 Å². The second kappa shape index (κ2) is 26.7. The number of fused-ring (bicyclic) bond motifs is 6. The number of ether oxygens (including phenoxy) is 2. The number of rotatable bonds is 9. The van der Waals surface area contributed by atoms with Crippen LogP contribution in [0.15, 0.2) is 150 Å². The molecule has 2 N–H and O–H groups in total. The minimum atomic E-state index is -0.439. The van der Waals surface area contributed by atoms with Crippen LogP contribution in [-0.2, 0) is 37.1 Å². The van der Waals surface area contributed by atoms with E-state index in [9.17, 15) is 19.5 Å². The van der Waals surface area contributed by atoms with Crippen molar-refractivity contribution in [2.45, 2.75) is 46.8 Å². The maximum absolute atomic E-state index is 12.2. The molecule has 1 amide bonds. The molecule has 0 spiro atoms. The van der Waals surface area contributed by atoms with Crippen LogP contribution in [0.3, 0.4) is 0 Å². The molecule has 0 heterocycles. The molecule has 0 saturated carbocycles. The van der Waals surface area contributed by atoms with Gasteiger partial charge in [0, 0.05) is 35.3 Å². The monoisotopic (exact) mass is 897 g/mol. The summed E-state index contributed by atoms with van der Waals surface area (Å²) in [6, 6.07) is 47.9. The Morgan fingerprint density at radius 2 is 1.08 bits per heavy atom. The molecule has 0 radical (unpaired) electrons. The maximum Gasteiger partial charge on any atom is 1.00 e. The molecule has 0 saturated heterocycles. The molecule has 0 aliphatic heterocycles. The van der Waals surface area contributed by atoms with Crippen LogP contribution in [0.4, 0.5) is 4.79 Å². The van der Waals surface area contributed by atoms with Gasteiger partial charge in [-0.2, -0.15) is 0 Å². The van der Waals surface area contributed by atoms with Crippen molar-refractivity contribution in [1.82, 2.24) is 5.32 Å². The van der Waals surface area contributed by atoms with Crippen molar-refractivity contribution in [2.24, 2.45) is 0 Å². The summed E-state index contributed by atoms with van der Waals surface area (Å²) < 4.78 is 11.7. The van der Waals surface area contributed by atoms with Gasteiger partial charge < -0.3 is 30.0 Å². The zero-order valence-corrected chi connectivity index (χ0v) is 36.2. The molecule has 10 nitrogen and oxygen atoms in total. The van der Waals surface area contributed by atoms with E-state index in [1.54, 1.807) is 12.1 Å². The van der Waals surface area contributed by atoms with E-state index in [4.69, 9.17) is 19.5 Å². The van der Waals surface area contributed by atoms with Gasteiger partial charge in [0.25, 0.3) is 6.47 Å². The number of aliphatic hydroxyl groups excluding tert-OH is 1. The molecule has 8 rings (SSSR count). The third kappa shape index (κ3) is 14.4. The van der Waals surface area contributed by atoms with Gasteiger partial charge in [-0.25, -0.2) is 4.79 Å². The summed E-state index contributed by atoms with van der Waals surface area (Å²) in [5, 5.41) is 20.4. The number of aliphatic hydroxyl groups is 1. The zero-order valence-electron chi connectivity index (χ0n) is 32.6. The fraction of sp³-hybridized carbons (Fsp3) is 0.184. The maximum atomic E-state index is 12.2. The molecular weight excluding hydrogens is 849 g/mol. The van der Waals surface area contributed by atoms with Crippen LogP contribution in [0.25, 0.3) is 22.3 Å². The number of benzene rings is 6. The van der Waals surface area contributed by atoms with Gasteiger partial charge in [-0.1, -0.05) is 164 Å². The van der Waals surface area contributed by atoms with E-state index in [1.165, 1.54) is 51.4 Å². The van der Waals surface area contributed by atoms with Crippen LogP contribution in [0.1, 0.15) is 77.4 Å². The predicted molar refractivity (Wildman–Crippen MR) is 235 cm³/mol. The number of esters is 1. The van der Waals surface area contributed by atoms with Crippen molar-refractivity contribution in [2.75, 3.05) is 13.2 Å². The Hall–Kier alpha value is -5.40. The van der Waals surface area contributed by atoms with Gasteiger partial charge in [-0.3, -0.25) is 14.4 Å². The third-order valence-corrected chi connectivity index (χ3v) is 9.89. The summed E-state index contributed by atoms with van der Waals surface area (Å²) in [5.74, 6) is -0.000899. The number of amides is 1. The molecule has 0 atom stereocenters. The first-order valence-corrected chi connectivity index (χ1v) is 19.1. The molecule has 6 aromatic rings. The normalized spacial score (nSPS) is 11.0. The Labute approximate surface area is 388 Å². The van der Waals surface area contributed by atoms with Crippen molar-refractivity contribution < 1.29 is 73.5 Å². The number of hydrogen-bond donors (Lipinski definition) is 2. The van der Waals surface area contributed by atoms with Crippen molar-refractivity contribution in [3.8, 4) is 22.3 Å². The van der Waals surface area contributed by atoms with Crippen molar-refractivity contribution in [3.05, 3.63) is 189 Å². The van der Waals surface area contributed by atoms with Gasteiger partial charge in [0.05, 0.1) is 6.61 Å². The average Bonchev–Trinajstić information content (AvgIpc) is 3.77. The smallest absolute Gasteiger partial charge is 0.662 e. The number of alkyl carbamates (subject to hydrolysis) is 1. The van der Waals surface area contributed by atoms with Gasteiger partial charge >= 0.3 is 41.6 Å². The van der Waals surface area contributed by atoms with E-state index in [-0.39, 0.29) is 75.3 Å². The van der Waals surface area contributed by atoms with Gasteiger partial charge in [0.15, 0.2) is 0 Å². The molecule has 2 aliphatic carbocycles. The Morgan fingerprint density at radius 1 is 0.656 bits per heavy atom. The van der Waals surface area contributed by atoms with Crippen molar-refractivity contribution >= 4 is 40.8 Å². The minimum absolute atomic E-state index is 0. The van der Waals surface area contributed by atoms with Crippen molar-refractivity contribution in [3.63, 3.8) is 0 Å². The van der Waals surface area contributed by atoms with Crippen LogP contribution in [-0.4, -0.2) is 43.1 Å². The predicted octanol–water partition coefficient (Wildman–Crippen LogP) is 6.55. The first-order valence-electron chi connectivity index (χ1n) is 18.3. The van der Waals surface area contributed by atoms with Crippen LogP contribution >= 0.6 is 15.9 Å². The number of carbonyl (C=O) groups excluding carboxylic acids is 4. The molecule has 2 aliphatic rings. The summed E-state index contributed by atoms with van der Waals surface area (Å²) in [4.78, 5) is 44.6. The Morgan fingerprint density at radius 3 is 1.48 bits per heavy atom. The average molecular weight is 899 g/mol. The largest absolute Gasteiger partial charge is 1.00 e. The first-order chi connectivity index (χ1) is 28.3. The van der Waals surface area contributed by atoms with Gasteiger partial charge in [-0.15, -0.1) is 0 Å². The van der Waals surface area contributed by atoms with Gasteiger partial charge in [-0.05, 0) is 67.8 Å². The summed E-state index contributed by atoms with van der Waals surface area (Å²) in [6.45, 7) is 2.34. The number of halogens is 1. The van der Waals surface area contributed by atoms with E-state index in [2.05, 4.69) is 74.7 Å². The molecule has 61 heavy (non-hydrogen) atoms. The molecule has 0 unspecified atom stereocenters. The first kappa shape index (κ1) is 51.7. The molecule has 312 valence electrons. The third-order valence-electron chi connectivity index (χ3n) is 9.39. The van der Waals surface area contributed by atoms with Gasteiger partial charge in [0.1, 0.15) is 19.5 Å². The molecule has 6 aromatic carbocycles. The molecule has 0 bridgehead atoms. The van der Waals surface area contributed by atoms with E-state index < -0.39 is 6.09 Å². The number of nitrogens with one attached hydrogen (secondary N) is 1. The van der Waals surface area contributed by atoms with Crippen LogP contribution in [0.2, 0.25) is 0 Å².